The third kappa shape index (κ3) is 7.59. The van der Waals surface area contributed by atoms with Crippen LogP contribution in [0.25, 0.3) is 0 Å². The highest BCUT2D eigenvalue weighted by molar-refractivity contribution is 5.95. The van der Waals surface area contributed by atoms with Gasteiger partial charge in [-0.25, -0.2) is 9.78 Å². The Kier molecular flexibility index (Phi) is 10.4. The summed E-state index contributed by atoms with van der Waals surface area (Å²) in [4.78, 5) is 58.1. The lowest BCUT2D eigenvalue weighted by Gasteiger charge is -2.40. The highest BCUT2D eigenvalue weighted by Gasteiger charge is 2.37. The predicted molar refractivity (Wildman–Crippen MR) is 156 cm³/mol. The molecular weight excluding hydrogens is 522 g/mol. The van der Waals surface area contributed by atoms with Crippen molar-refractivity contribution in [3.05, 3.63) is 98.7 Å². The van der Waals surface area contributed by atoms with Crippen LogP contribution in [0.3, 0.4) is 0 Å². The molecule has 2 aromatic carbocycles. The number of carbonyl (C=O) groups is 3. The molecule has 2 atom stereocenters. The molecule has 3 aromatic rings. The van der Waals surface area contributed by atoms with Crippen molar-refractivity contribution in [2.45, 2.75) is 73.3 Å². The maximum atomic E-state index is 14.2. The molecule has 0 aliphatic carbocycles. The Morgan fingerprint density at radius 2 is 1.66 bits per heavy atom. The molecule has 218 valence electrons. The van der Waals surface area contributed by atoms with Crippen molar-refractivity contribution >= 4 is 17.9 Å². The fraction of sp³-hybridized carbons (Fsp3) is 0.387. The average Bonchev–Trinajstić information content (AvgIpc) is 2.92. The largest absolute Gasteiger partial charge is 0.465 e. The van der Waals surface area contributed by atoms with Gasteiger partial charge in [-0.1, -0.05) is 68.8 Å². The molecule has 0 aliphatic heterocycles. The van der Waals surface area contributed by atoms with Crippen LogP contribution in [-0.4, -0.2) is 43.6 Å². The number of aryl methyl sites for hydroxylation is 2. The highest BCUT2D eigenvalue weighted by Crippen LogP contribution is 2.32. The first kappa shape index (κ1) is 31.1. The zero-order valence-corrected chi connectivity index (χ0v) is 24.5. The smallest absolute Gasteiger partial charge is 0.406 e. The molecule has 0 saturated carbocycles. The van der Waals surface area contributed by atoms with Gasteiger partial charge in [0.15, 0.2) is 0 Å². The van der Waals surface area contributed by atoms with Gasteiger partial charge in [-0.05, 0) is 43.9 Å². The van der Waals surface area contributed by atoms with Gasteiger partial charge < -0.3 is 20.6 Å². The zero-order valence-electron chi connectivity index (χ0n) is 24.5. The van der Waals surface area contributed by atoms with Crippen LogP contribution in [0.4, 0.5) is 4.79 Å². The van der Waals surface area contributed by atoms with E-state index in [1.54, 1.807) is 26.0 Å². The molecule has 10 nitrogen and oxygen atoms in total. The fourth-order valence-electron chi connectivity index (χ4n) is 4.84. The summed E-state index contributed by atoms with van der Waals surface area (Å²) in [7, 11) is 0. The van der Waals surface area contributed by atoms with Crippen LogP contribution >= 0.6 is 0 Å². The normalized spacial score (nSPS) is 12.5. The van der Waals surface area contributed by atoms with Gasteiger partial charge in [0.25, 0.3) is 11.5 Å². The second-order valence-electron chi connectivity index (χ2n) is 10.5. The summed E-state index contributed by atoms with van der Waals surface area (Å²) < 4.78 is 1.53. The number of aromatic nitrogens is 2. The van der Waals surface area contributed by atoms with Gasteiger partial charge in [-0.3, -0.25) is 19.0 Å². The van der Waals surface area contributed by atoms with Crippen LogP contribution in [0.5, 0.6) is 0 Å². The SMILES string of the molecule is CCC(NC(=O)O)N(C(=O)c1ccc(C)cc1)C(c1nc(C)c(CNC(C)=O)c(=O)n1Cc1ccccc1)C(C)C. The summed E-state index contributed by atoms with van der Waals surface area (Å²) in [5.41, 5.74) is 2.65. The maximum Gasteiger partial charge on any atom is 0.406 e. The molecule has 10 heteroatoms. The molecule has 1 heterocycles. The molecule has 0 spiro atoms. The lowest BCUT2D eigenvalue weighted by Crippen LogP contribution is -2.54. The van der Waals surface area contributed by atoms with Crippen LogP contribution < -0.4 is 16.2 Å². The van der Waals surface area contributed by atoms with Crippen molar-refractivity contribution in [2.75, 3.05) is 0 Å². The minimum absolute atomic E-state index is 0.0125. The molecule has 2 unspecified atom stereocenters. The van der Waals surface area contributed by atoms with E-state index in [1.165, 1.54) is 16.4 Å². The van der Waals surface area contributed by atoms with Gasteiger partial charge in [0, 0.05) is 18.2 Å². The minimum atomic E-state index is -1.27. The van der Waals surface area contributed by atoms with Crippen LogP contribution in [0.1, 0.15) is 78.7 Å². The van der Waals surface area contributed by atoms with E-state index in [1.807, 2.05) is 63.2 Å². The standard InChI is InChI=1S/C31H39N5O5/c1-7-26(34-31(40)41)36(29(38)24-15-13-20(4)14-16-24)27(19(2)3)28-33-21(5)25(17-32-22(6)37)30(39)35(28)18-23-11-9-8-10-12-23/h8-16,19,26-27,34H,7,17-18H2,1-6H3,(H,32,37)(H,40,41). The van der Waals surface area contributed by atoms with E-state index in [9.17, 15) is 24.3 Å². The van der Waals surface area contributed by atoms with Gasteiger partial charge in [0.05, 0.1) is 24.7 Å². The number of carbonyl (C=O) groups excluding carboxylic acids is 2. The number of benzene rings is 2. The van der Waals surface area contributed by atoms with Crippen LogP contribution in [0.15, 0.2) is 59.4 Å². The first-order chi connectivity index (χ1) is 19.4. The second kappa shape index (κ2) is 13.7. The zero-order chi connectivity index (χ0) is 30.3. The molecule has 1 aromatic heterocycles. The Morgan fingerprint density at radius 3 is 2.20 bits per heavy atom. The molecule has 3 rings (SSSR count). The van der Waals surface area contributed by atoms with E-state index < -0.39 is 18.3 Å². The van der Waals surface area contributed by atoms with E-state index in [4.69, 9.17) is 4.98 Å². The predicted octanol–water partition coefficient (Wildman–Crippen LogP) is 4.39. The molecular formula is C31H39N5O5. The molecule has 3 N–H and O–H groups in total. The number of rotatable bonds is 11. The molecule has 3 amide bonds. The van der Waals surface area contributed by atoms with Crippen LogP contribution in [0, 0.1) is 19.8 Å². The van der Waals surface area contributed by atoms with E-state index >= 15 is 0 Å². The first-order valence-corrected chi connectivity index (χ1v) is 13.7. The third-order valence-electron chi connectivity index (χ3n) is 6.94. The van der Waals surface area contributed by atoms with E-state index in [0.29, 0.717) is 22.6 Å². The van der Waals surface area contributed by atoms with Crippen molar-refractivity contribution in [2.24, 2.45) is 5.92 Å². The van der Waals surface area contributed by atoms with Gasteiger partial charge in [-0.2, -0.15) is 0 Å². The Hall–Kier alpha value is -4.47. The summed E-state index contributed by atoms with van der Waals surface area (Å²) in [6.45, 7) is 10.8. The monoisotopic (exact) mass is 561 g/mol. The second-order valence-corrected chi connectivity index (χ2v) is 10.5. The Balaban J connectivity index is 2.30. The molecule has 0 radical (unpaired) electrons. The Bertz CT molecular complexity index is 1430. The van der Waals surface area contributed by atoms with Crippen molar-refractivity contribution in [1.29, 1.82) is 0 Å². The minimum Gasteiger partial charge on any atom is -0.465 e. The average molecular weight is 562 g/mol. The third-order valence-corrected chi connectivity index (χ3v) is 6.94. The number of nitrogens with one attached hydrogen (secondary N) is 2. The Morgan fingerprint density at radius 1 is 1.02 bits per heavy atom. The van der Waals surface area contributed by atoms with Crippen LogP contribution in [-0.2, 0) is 17.9 Å². The van der Waals surface area contributed by atoms with E-state index in [2.05, 4.69) is 10.6 Å². The number of hydrogen-bond acceptors (Lipinski definition) is 5. The number of hydrogen-bond donors (Lipinski definition) is 3. The quantitative estimate of drug-likeness (QED) is 0.298. The summed E-state index contributed by atoms with van der Waals surface area (Å²) >= 11 is 0. The van der Waals surface area contributed by atoms with Gasteiger partial charge >= 0.3 is 6.09 Å². The van der Waals surface area contributed by atoms with Gasteiger partial charge in [-0.15, -0.1) is 0 Å². The Labute approximate surface area is 240 Å². The summed E-state index contributed by atoms with van der Waals surface area (Å²) in [6.07, 6.45) is -1.87. The lowest BCUT2D eigenvalue weighted by atomic mass is 9.97. The van der Waals surface area contributed by atoms with Crippen molar-refractivity contribution in [3.63, 3.8) is 0 Å². The summed E-state index contributed by atoms with van der Waals surface area (Å²) in [5.74, 6) is -0.583. The fourth-order valence-corrected chi connectivity index (χ4v) is 4.84. The van der Waals surface area contributed by atoms with Crippen molar-refractivity contribution < 1.29 is 19.5 Å². The summed E-state index contributed by atoms with van der Waals surface area (Å²) in [6, 6.07) is 15.7. The van der Waals surface area contributed by atoms with Crippen molar-refractivity contribution in [3.8, 4) is 0 Å². The molecule has 0 bridgehead atoms. The first-order valence-electron chi connectivity index (χ1n) is 13.7. The van der Waals surface area contributed by atoms with E-state index in [0.717, 1.165) is 11.1 Å². The molecule has 41 heavy (non-hydrogen) atoms. The molecule has 0 saturated heterocycles. The molecule has 0 fully saturated rings. The highest BCUT2D eigenvalue weighted by atomic mass is 16.4. The number of nitrogens with zero attached hydrogens (tertiary/aromatic N) is 3. The summed E-state index contributed by atoms with van der Waals surface area (Å²) in [5, 5.41) is 14.9. The number of amides is 3. The maximum absolute atomic E-state index is 14.2. The molecule has 0 aliphatic rings. The lowest BCUT2D eigenvalue weighted by molar-refractivity contribution is -0.119. The van der Waals surface area contributed by atoms with E-state index in [-0.39, 0.29) is 42.8 Å². The van der Waals surface area contributed by atoms with Gasteiger partial charge in [0.1, 0.15) is 12.0 Å². The van der Waals surface area contributed by atoms with Crippen LogP contribution in [0.2, 0.25) is 0 Å². The van der Waals surface area contributed by atoms with Crippen molar-refractivity contribution in [1.82, 2.24) is 25.1 Å². The topological polar surface area (TPSA) is 134 Å². The number of carboxylic acid groups (broad SMARTS) is 1. The van der Waals surface area contributed by atoms with Gasteiger partial charge in [0.2, 0.25) is 5.91 Å².